The molecule has 2 atom stereocenters. The first-order valence-electron chi connectivity index (χ1n) is 6.69. The van der Waals surface area contributed by atoms with Crippen molar-refractivity contribution in [3.05, 3.63) is 29.3 Å². The Hall–Kier alpha value is -0.510. The lowest BCUT2D eigenvalue weighted by atomic mass is 10.1. The summed E-state index contributed by atoms with van der Waals surface area (Å²) in [5.74, 6) is 0. The van der Waals surface area contributed by atoms with Gasteiger partial charge in [-0.1, -0.05) is 26.0 Å². The number of hydrogen-bond donors (Lipinski definition) is 2. The number of benzene rings is 1. The average Bonchev–Trinajstić information content (AvgIpc) is 2.32. The maximum Gasteiger partial charge on any atom is 0.0631 e. The van der Waals surface area contributed by atoms with Crippen molar-refractivity contribution >= 4 is 11.8 Å². The van der Waals surface area contributed by atoms with Gasteiger partial charge in [0.25, 0.3) is 0 Å². The molecule has 0 bridgehead atoms. The van der Waals surface area contributed by atoms with Crippen LogP contribution in [0.25, 0.3) is 0 Å². The third-order valence-electron chi connectivity index (χ3n) is 2.99. The van der Waals surface area contributed by atoms with E-state index in [0.29, 0.717) is 0 Å². The number of thioether (sulfide) groups is 1. The Morgan fingerprint density at radius 2 is 2.06 bits per heavy atom. The van der Waals surface area contributed by atoms with E-state index in [1.165, 1.54) is 22.4 Å². The van der Waals surface area contributed by atoms with Crippen LogP contribution in [0.3, 0.4) is 0 Å². The van der Waals surface area contributed by atoms with Crippen LogP contribution in [0.5, 0.6) is 0 Å². The SMILES string of the molecule is CCCNCc1ccc(SC(C)C(C)O)c(C)c1. The predicted octanol–water partition coefficient (Wildman–Crippen LogP) is 3.36. The molecule has 0 heterocycles. The van der Waals surface area contributed by atoms with Gasteiger partial charge >= 0.3 is 0 Å². The molecule has 2 unspecified atom stereocenters. The summed E-state index contributed by atoms with van der Waals surface area (Å²) in [6.45, 7) is 10.2. The Bertz CT molecular complexity index is 366. The molecule has 0 aliphatic carbocycles. The van der Waals surface area contributed by atoms with Gasteiger partial charge in [-0.15, -0.1) is 11.8 Å². The lowest BCUT2D eigenvalue weighted by Crippen LogP contribution is -2.15. The zero-order valence-electron chi connectivity index (χ0n) is 11.9. The molecule has 0 saturated carbocycles. The molecule has 0 fully saturated rings. The molecular formula is C15H25NOS. The molecule has 0 aromatic heterocycles. The van der Waals surface area contributed by atoms with Gasteiger partial charge in [-0.05, 0) is 44.0 Å². The topological polar surface area (TPSA) is 32.3 Å². The highest BCUT2D eigenvalue weighted by Gasteiger charge is 2.11. The van der Waals surface area contributed by atoms with Crippen molar-refractivity contribution in [2.45, 2.75) is 56.9 Å². The van der Waals surface area contributed by atoms with Crippen molar-refractivity contribution in [2.24, 2.45) is 0 Å². The van der Waals surface area contributed by atoms with Gasteiger partial charge in [-0.3, -0.25) is 0 Å². The van der Waals surface area contributed by atoms with Crippen LogP contribution in [0, 0.1) is 6.92 Å². The van der Waals surface area contributed by atoms with Crippen molar-refractivity contribution in [3.63, 3.8) is 0 Å². The minimum Gasteiger partial charge on any atom is -0.392 e. The lowest BCUT2D eigenvalue weighted by Gasteiger charge is -2.16. The number of nitrogens with one attached hydrogen (secondary N) is 1. The standard InChI is InChI=1S/C15H25NOS/c1-5-8-16-10-14-6-7-15(11(2)9-14)18-13(4)12(3)17/h6-7,9,12-13,16-17H,5,8,10H2,1-4H3. The molecule has 3 heteroatoms. The number of aryl methyl sites for hydroxylation is 1. The third kappa shape index (κ3) is 5.01. The summed E-state index contributed by atoms with van der Waals surface area (Å²) < 4.78 is 0. The van der Waals surface area contributed by atoms with E-state index in [4.69, 9.17) is 0 Å². The Morgan fingerprint density at radius 3 is 2.61 bits per heavy atom. The highest BCUT2D eigenvalue weighted by molar-refractivity contribution is 8.00. The van der Waals surface area contributed by atoms with Crippen LogP contribution >= 0.6 is 11.8 Å². The number of aliphatic hydroxyl groups is 1. The molecule has 2 N–H and O–H groups in total. The van der Waals surface area contributed by atoms with Gasteiger partial charge < -0.3 is 10.4 Å². The zero-order valence-corrected chi connectivity index (χ0v) is 12.7. The van der Waals surface area contributed by atoms with Crippen molar-refractivity contribution < 1.29 is 5.11 Å². The second kappa shape index (κ2) is 7.82. The predicted molar refractivity (Wildman–Crippen MR) is 80.2 cm³/mol. The molecular weight excluding hydrogens is 242 g/mol. The van der Waals surface area contributed by atoms with Crippen LogP contribution in [0.1, 0.15) is 38.3 Å². The Labute approximate surface area is 115 Å². The smallest absolute Gasteiger partial charge is 0.0631 e. The van der Waals surface area contributed by atoms with E-state index < -0.39 is 0 Å². The third-order valence-corrected chi connectivity index (χ3v) is 4.47. The maximum atomic E-state index is 9.54. The number of hydrogen-bond acceptors (Lipinski definition) is 3. The first kappa shape index (κ1) is 15.5. The van der Waals surface area contributed by atoms with Crippen molar-refractivity contribution in [3.8, 4) is 0 Å². The summed E-state index contributed by atoms with van der Waals surface area (Å²) in [5.41, 5.74) is 2.62. The zero-order chi connectivity index (χ0) is 13.5. The summed E-state index contributed by atoms with van der Waals surface area (Å²) in [4.78, 5) is 1.27. The number of aliphatic hydroxyl groups excluding tert-OH is 1. The average molecular weight is 267 g/mol. The van der Waals surface area contributed by atoms with E-state index in [9.17, 15) is 5.11 Å². The van der Waals surface area contributed by atoms with E-state index >= 15 is 0 Å². The van der Waals surface area contributed by atoms with Gasteiger partial charge in [0.15, 0.2) is 0 Å². The maximum absolute atomic E-state index is 9.54. The second-order valence-electron chi connectivity index (χ2n) is 4.84. The highest BCUT2D eigenvalue weighted by Crippen LogP contribution is 2.28. The first-order chi connectivity index (χ1) is 8.54. The summed E-state index contributed by atoms with van der Waals surface area (Å²) in [5, 5.41) is 13.2. The van der Waals surface area contributed by atoms with Crippen LogP contribution in [-0.2, 0) is 6.54 Å². The minimum atomic E-state index is -0.278. The Morgan fingerprint density at radius 1 is 1.33 bits per heavy atom. The van der Waals surface area contributed by atoms with E-state index in [1.807, 2.05) is 6.92 Å². The van der Waals surface area contributed by atoms with Gasteiger partial charge in [-0.2, -0.15) is 0 Å². The van der Waals surface area contributed by atoms with Crippen molar-refractivity contribution in [1.29, 1.82) is 0 Å². The number of rotatable bonds is 7. The Kier molecular flexibility index (Phi) is 6.76. The largest absolute Gasteiger partial charge is 0.392 e. The molecule has 2 nitrogen and oxygen atoms in total. The molecule has 0 spiro atoms. The molecule has 1 rings (SSSR count). The lowest BCUT2D eigenvalue weighted by molar-refractivity contribution is 0.196. The van der Waals surface area contributed by atoms with E-state index in [2.05, 4.69) is 44.3 Å². The molecule has 0 aliphatic heterocycles. The molecule has 1 aromatic rings. The quantitative estimate of drug-likeness (QED) is 0.587. The molecule has 0 amide bonds. The normalized spacial score (nSPS) is 14.5. The van der Waals surface area contributed by atoms with Gasteiger partial charge in [0.05, 0.1) is 6.10 Å². The van der Waals surface area contributed by atoms with Crippen LogP contribution in [0.15, 0.2) is 23.1 Å². The van der Waals surface area contributed by atoms with E-state index in [1.54, 1.807) is 11.8 Å². The molecule has 0 saturated heterocycles. The molecule has 0 aliphatic rings. The van der Waals surface area contributed by atoms with Gasteiger partial charge in [0.1, 0.15) is 0 Å². The fourth-order valence-electron chi connectivity index (χ4n) is 1.66. The van der Waals surface area contributed by atoms with Gasteiger partial charge in [0, 0.05) is 16.7 Å². The van der Waals surface area contributed by atoms with Gasteiger partial charge in [0.2, 0.25) is 0 Å². The van der Waals surface area contributed by atoms with Crippen LogP contribution in [0.4, 0.5) is 0 Å². The molecule has 0 radical (unpaired) electrons. The summed E-state index contributed by atoms with van der Waals surface area (Å²) in [7, 11) is 0. The van der Waals surface area contributed by atoms with Crippen molar-refractivity contribution in [2.75, 3.05) is 6.54 Å². The van der Waals surface area contributed by atoms with Crippen molar-refractivity contribution in [1.82, 2.24) is 5.32 Å². The van der Waals surface area contributed by atoms with E-state index in [0.717, 1.165) is 13.1 Å². The Balaban J connectivity index is 2.62. The van der Waals surface area contributed by atoms with Crippen LogP contribution in [0.2, 0.25) is 0 Å². The summed E-state index contributed by atoms with van der Waals surface area (Å²) in [6.07, 6.45) is 0.888. The summed E-state index contributed by atoms with van der Waals surface area (Å²) >= 11 is 1.74. The highest BCUT2D eigenvalue weighted by atomic mass is 32.2. The summed E-state index contributed by atoms with van der Waals surface area (Å²) in [6, 6.07) is 6.58. The molecule has 1 aromatic carbocycles. The fraction of sp³-hybridized carbons (Fsp3) is 0.600. The minimum absolute atomic E-state index is 0.229. The fourth-order valence-corrected chi connectivity index (χ4v) is 2.65. The second-order valence-corrected chi connectivity index (χ2v) is 6.26. The molecule has 102 valence electrons. The molecule has 18 heavy (non-hydrogen) atoms. The van der Waals surface area contributed by atoms with Gasteiger partial charge in [-0.25, -0.2) is 0 Å². The first-order valence-corrected chi connectivity index (χ1v) is 7.57. The van der Waals surface area contributed by atoms with Crippen LogP contribution < -0.4 is 5.32 Å². The van der Waals surface area contributed by atoms with E-state index in [-0.39, 0.29) is 11.4 Å². The van der Waals surface area contributed by atoms with Crippen LogP contribution in [-0.4, -0.2) is 23.0 Å². The monoisotopic (exact) mass is 267 g/mol.